The molecule has 0 atom stereocenters. The van der Waals surface area contributed by atoms with Gasteiger partial charge in [-0.15, -0.1) is 0 Å². The van der Waals surface area contributed by atoms with Crippen LogP contribution in [0.5, 0.6) is 0 Å². The van der Waals surface area contributed by atoms with Gasteiger partial charge in [0, 0.05) is 26.2 Å². The third-order valence-electron chi connectivity index (χ3n) is 3.88. The molecule has 6 nitrogen and oxygen atoms in total. The van der Waals surface area contributed by atoms with Crippen LogP contribution in [0.2, 0.25) is 0 Å². The molecule has 0 bridgehead atoms. The second-order valence-electron chi connectivity index (χ2n) is 5.32. The fourth-order valence-electron chi connectivity index (χ4n) is 2.69. The molecule has 6 heteroatoms. The SMILES string of the molecule is CCOC(=O)N1CCN(C(=O)OC2CCCCC2)CC1. The Morgan fingerprint density at radius 1 is 0.950 bits per heavy atom. The van der Waals surface area contributed by atoms with Gasteiger partial charge in [0.05, 0.1) is 6.61 Å². The summed E-state index contributed by atoms with van der Waals surface area (Å²) in [5.74, 6) is 0. The van der Waals surface area contributed by atoms with Crippen LogP contribution < -0.4 is 0 Å². The molecular formula is C14H24N2O4. The van der Waals surface area contributed by atoms with Crippen LogP contribution in [0.3, 0.4) is 0 Å². The number of hydrogen-bond donors (Lipinski definition) is 0. The van der Waals surface area contributed by atoms with Crippen molar-refractivity contribution in [1.29, 1.82) is 0 Å². The summed E-state index contributed by atoms with van der Waals surface area (Å²) >= 11 is 0. The van der Waals surface area contributed by atoms with Crippen molar-refractivity contribution in [3.63, 3.8) is 0 Å². The standard InChI is InChI=1S/C14H24N2O4/c1-2-19-13(17)15-8-10-16(11-9-15)14(18)20-12-6-4-3-5-7-12/h12H,2-11H2,1H3. The highest BCUT2D eigenvalue weighted by molar-refractivity contribution is 5.70. The molecule has 0 radical (unpaired) electrons. The quantitative estimate of drug-likeness (QED) is 0.780. The van der Waals surface area contributed by atoms with E-state index in [9.17, 15) is 9.59 Å². The van der Waals surface area contributed by atoms with Crippen molar-refractivity contribution < 1.29 is 19.1 Å². The highest BCUT2D eigenvalue weighted by Gasteiger charge is 2.27. The number of hydrogen-bond acceptors (Lipinski definition) is 4. The summed E-state index contributed by atoms with van der Waals surface area (Å²) in [6, 6.07) is 0. The minimum Gasteiger partial charge on any atom is -0.450 e. The van der Waals surface area contributed by atoms with E-state index in [1.54, 1.807) is 16.7 Å². The van der Waals surface area contributed by atoms with E-state index >= 15 is 0 Å². The predicted octanol–water partition coefficient (Wildman–Crippen LogP) is 2.23. The summed E-state index contributed by atoms with van der Waals surface area (Å²) in [5.41, 5.74) is 0. The molecule has 2 aliphatic rings. The maximum atomic E-state index is 12.0. The fourth-order valence-corrected chi connectivity index (χ4v) is 2.69. The van der Waals surface area contributed by atoms with Gasteiger partial charge < -0.3 is 19.3 Å². The molecule has 0 unspecified atom stereocenters. The second kappa shape index (κ2) is 7.36. The van der Waals surface area contributed by atoms with Gasteiger partial charge in [0.25, 0.3) is 0 Å². The zero-order chi connectivity index (χ0) is 14.4. The smallest absolute Gasteiger partial charge is 0.410 e. The Labute approximate surface area is 120 Å². The average molecular weight is 284 g/mol. The van der Waals surface area contributed by atoms with Crippen LogP contribution in [0.25, 0.3) is 0 Å². The zero-order valence-electron chi connectivity index (χ0n) is 12.2. The Bertz CT molecular complexity index is 334. The normalized spacial score (nSPS) is 20.6. The van der Waals surface area contributed by atoms with Gasteiger partial charge in [0.15, 0.2) is 0 Å². The van der Waals surface area contributed by atoms with Gasteiger partial charge in [-0.2, -0.15) is 0 Å². The fraction of sp³-hybridized carbons (Fsp3) is 0.857. The Hall–Kier alpha value is -1.46. The molecule has 0 aromatic carbocycles. The summed E-state index contributed by atoms with van der Waals surface area (Å²) in [6.45, 7) is 4.23. The first-order valence-electron chi connectivity index (χ1n) is 7.58. The summed E-state index contributed by atoms with van der Waals surface area (Å²) in [7, 11) is 0. The monoisotopic (exact) mass is 284 g/mol. The van der Waals surface area contributed by atoms with E-state index in [-0.39, 0.29) is 18.3 Å². The summed E-state index contributed by atoms with van der Waals surface area (Å²) < 4.78 is 10.5. The van der Waals surface area contributed by atoms with Gasteiger partial charge >= 0.3 is 12.2 Å². The van der Waals surface area contributed by atoms with Gasteiger partial charge in [0.1, 0.15) is 6.10 Å². The lowest BCUT2D eigenvalue weighted by atomic mass is 9.98. The lowest BCUT2D eigenvalue weighted by Gasteiger charge is -2.34. The third-order valence-corrected chi connectivity index (χ3v) is 3.88. The van der Waals surface area contributed by atoms with Gasteiger partial charge in [-0.1, -0.05) is 6.42 Å². The first kappa shape index (κ1) is 14.9. The Kier molecular flexibility index (Phi) is 5.49. The largest absolute Gasteiger partial charge is 0.450 e. The molecule has 114 valence electrons. The van der Waals surface area contributed by atoms with Crippen LogP contribution >= 0.6 is 0 Å². The second-order valence-corrected chi connectivity index (χ2v) is 5.32. The van der Waals surface area contributed by atoms with E-state index < -0.39 is 0 Å². The third kappa shape index (κ3) is 4.02. The Balaban J connectivity index is 1.72. The highest BCUT2D eigenvalue weighted by atomic mass is 16.6. The van der Waals surface area contributed by atoms with Gasteiger partial charge in [0.2, 0.25) is 0 Å². The minimum atomic E-state index is -0.298. The Morgan fingerprint density at radius 3 is 2.05 bits per heavy atom. The molecule has 0 aromatic rings. The van der Waals surface area contributed by atoms with Gasteiger partial charge in [-0.25, -0.2) is 9.59 Å². The molecular weight excluding hydrogens is 260 g/mol. The molecule has 20 heavy (non-hydrogen) atoms. The molecule has 0 N–H and O–H groups in total. The number of rotatable bonds is 2. The molecule has 1 aliphatic heterocycles. The maximum Gasteiger partial charge on any atom is 0.410 e. The molecule has 1 saturated carbocycles. The molecule has 1 heterocycles. The van der Waals surface area contributed by atoms with Crippen LogP contribution in [0, 0.1) is 0 Å². The number of nitrogens with zero attached hydrogens (tertiary/aromatic N) is 2. The van der Waals surface area contributed by atoms with Crippen molar-refractivity contribution in [3.05, 3.63) is 0 Å². The van der Waals surface area contributed by atoms with Gasteiger partial charge in [-0.05, 0) is 32.6 Å². The van der Waals surface area contributed by atoms with Crippen LogP contribution in [0.4, 0.5) is 9.59 Å². The molecule has 0 aromatic heterocycles. The summed E-state index contributed by atoms with van der Waals surface area (Å²) in [6.07, 6.45) is 5.05. The molecule has 1 aliphatic carbocycles. The highest BCUT2D eigenvalue weighted by Crippen LogP contribution is 2.21. The number of carbonyl (C=O) groups excluding carboxylic acids is 2. The molecule has 0 spiro atoms. The van der Waals surface area contributed by atoms with Crippen LogP contribution in [0.15, 0.2) is 0 Å². The number of ether oxygens (including phenoxy) is 2. The van der Waals surface area contributed by atoms with E-state index in [1.807, 2.05) is 0 Å². The lowest BCUT2D eigenvalue weighted by Crippen LogP contribution is -2.51. The molecule has 2 amide bonds. The van der Waals surface area contributed by atoms with E-state index in [0.717, 1.165) is 25.7 Å². The van der Waals surface area contributed by atoms with Crippen molar-refractivity contribution in [2.75, 3.05) is 32.8 Å². The van der Waals surface area contributed by atoms with E-state index in [4.69, 9.17) is 9.47 Å². The molecule has 2 fully saturated rings. The first-order chi connectivity index (χ1) is 9.70. The minimum absolute atomic E-state index is 0.0827. The van der Waals surface area contributed by atoms with Crippen LogP contribution in [-0.4, -0.2) is 60.9 Å². The first-order valence-corrected chi connectivity index (χ1v) is 7.58. The number of carbonyl (C=O) groups is 2. The summed E-state index contributed by atoms with van der Waals surface area (Å²) in [5, 5.41) is 0. The van der Waals surface area contributed by atoms with E-state index in [0.29, 0.717) is 32.8 Å². The van der Waals surface area contributed by atoms with Gasteiger partial charge in [-0.3, -0.25) is 0 Å². The molecule has 1 saturated heterocycles. The predicted molar refractivity (Wildman–Crippen MR) is 73.5 cm³/mol. The summed E-state index contributed by atoms with van der Waals surface area (Å²) in [4.78, 5) is 26.9. The van der Waals surface area contributed by atoms with Crippen molar-refractivity contribution in [1.82, 2.24) is 9.80 Å². The Morgan fingerprint density at radius 2 is 1.50 bits per heavy atom. The number of amides is 2. The topological polar surface area (TPSA) is 59.1 Å². The van der Waals surface area contributed by atoms with E-state index in [2.05, 4.69) is 0 Å². The van der Waals surface area contributed by atoms with Crippen LogP contribution in [-0.2, 0) is 9.47 Å². The maximum absolute atomic E-state index is 12.0. The lowest BCUT2D eigenvalue weighted by molar-refractivity contribution is 0.0302. The van der Waals surface area contributed by atoms with E-state index in [1.165, 1.54) is 6.42 Å². The van der Waals surface area contributed by atoms with Crippen molar-refractivity contribution in [3.8, 4) is 0 Å². The van der Waals surface area contributed by atoms with Crippen molar-refractivity contribution in [2.24, 2.45) is 0 Å². The van der Waals surface area contributed by atoms with Crippen molar-refractivity contribution in [2.45, 2.75) is 45.1 Å². The van der Waals surface area contributed by atoms with Crippen LogP contribution in [0.1, 0.15) is 39.0 Å². The van der Waals surface area contributed by atoms with Crippen molar-refractivity contribution >= 4 is 12.2 Å². The average Bonchev–Trinajstić information content (AvgIpc) is 2.48. The number of piperazine rings is 1. The molecule has 2 rings (SSSR count). The zero-order valence-corrected chi connectivity index (χ0v) is 12.2.